The van der Waals surface area contributed by atoms with Crippen molar-refractivity contribution >= 4 is 27.4 Å². The molecule has 0 spiro atoms. The molecule has 0 aliphatic rings. The molecule has 0 saturated heterocycles. The Morgan fingerprint density at radius 1 is 1.35 bits per heavy atom. The smallest absolute Gasteiger partial charge is 0.325 e. The highest BCUT2D eigenvalue weighted by Gasteiger charge is 2.18. The van der Waals surface area contributed by atoms with E-state index in [2.05, 4.69) is 18.9 Å². The lowest BCUT2D eigenvalue weighted by Gasteiger charge is -2.09. The number of aliphatic carboxylic acids is 1. The third-order valence-corrected chi connectivity index (χ3v) is 4.51. The van der Waals surface area contributed by atoms with Gasteiger partial charge in [0.05, 0.1) is 5.69 Å². The number of fused-ring (bicyclic) bond motifs is 1. The first kappa shape index (κ1) is 14.7. The highest BCUT2D eigenvalue weighted by Crippen LogP contribution is 2.32. The molecule has 2 aromatic heterocycles. The highest BCUT2D eigenvalue weighted by molar-refractivity contribution is 7.19. The molecule has 0 bridgehead atoms. The maximum Gasteiger partial charge on any atom is 0.325 e. The lowest BCUT2D eigenvalue weighted by atomic mass is 10.1. The van der Waals surface area contributed by atoms with E-state index in [4.69, 9.17) is 5.11 Å². The molecular weight excluding hydrogens is 276 g/mol. The van der Waals surface area contributed by atoms with Gasteiger partial charge in [0.2, 0.25) is 0 Å². The Kier molecular flexibility index (Phi) is 3.94. The summed E-state index contributed by atoms with van der Waals surface area (Å²) in [4.78, 5) is 24.3. The van der Waals surface area contributed by atoms with Crippen molar-refractivity contribution in [2.75, 3.05) is 0 Å². The molecule has 0 aliphatic carbocycles. The summed E-state index contributed by atoms with van der Waals surface area (Å²) in [6.07, 6.45) is 0. The van der Waals surface area contributed by atoms with Crippen LogP contribution in [0.25, 0.3) is 10.1 Å². The zero-order valence-electron chi connectivity index (χ0n) is 12.0. The molecule has 0 radical (unpaired) electrons. The maximum absolute atomic E-state index is 12.3. The zero-order valence-corrected chi connectivity index (χ0v) is 12.8. The largest absolute Gasteiger partial charge is 0.480 e. The van der Waals surface area contributed by atoms with Crippen LogP contribution in [-0.4, -0.2) is 20.9 Å². The van der Waals surface area contributed by atoms with Gasteiger partial charge in [0.1, 0.15) is 11.2 Å². The highest BCUT2D eigenvalue weighted by atomic mass is 32.1. The van der Waals surface area contributed by atoms with E-state index < -0.39 is 12.5 Å². The number of rotatable bonds is 4. The van der Waals surface area contributed by atoms with Gasteiger partial charge >= 0.3 is 5.97 Å². The fourth-order valence-corrected chi connectivity index (χ4v) is 3.17. The summed E-state index contributed by atoms with van der Waals surface area (Å²) in [6, 6.07) is 2.01. The fraction of sp³-hybridized carbons (Fsp3) is 0.500. The van der Waals surface area contributed by atoms with Crippen LogP contribution in [0.4, 0.5) is 0 Å². The molecular formula is C14H18N2O3S. The first-order valence-electron chi connectivity index (χ1n) is 6.57. The van der Waals surface area contributed by atoms with Crippen molar-refractivity contribution in [2.45, 2.75) is 46.1 Å². The topological polar surface area (TPSA) is 72.2 Å². The standard InChI is InChI=1S/C14H18N2O3S/c1-7(2)10-5-9-12(8(3)4)15-16(6-11(17)18)14(19)13(9)20-10/h5,7-8H,6H2,1-4H3,(H,17,18). The van der Waals surface area contributed by atoms with Crippen LogP contribution in [0.15, 0.2) is 10.9 Å². The molecule has 0 saturated carbocycles. The minimum atomic E-state index is -1.06. The molecule has 6 heteroatoms. The summed E-state index contributed by atoms with van der Waals surface area (Å²) >= 11 is 1.44. The Hall–Kier alpha value is -1.69. The third-order valence-electron chi connectivity index (χ3n) is 3.09. The van der Waals surface area contributed by atoms with E-state index in [-0.39, 0.29) is 11.5 Å². The Bertz CT molecular complexity index is 713. The van der Waals surface area contributed by atoms with Gasteiger partial charge < -0.3 is 5.11 Å². The van der Waals surface area contributed by atoms with Crippen molar-refractivity contribution in [3.05, 3.63) is 27.0 Å². The molecule has 0 fully saturated rings. The molecule has 2 heterocycles. The van der Waals surface area contributed by atoms with Crippen LogP contribution < -0.4 is 5.56 Å². The van der Waals surface area contributed by atoms with Crippen LogP contribution in [0.3, 0.4) is 0 Å². The Labute approximate surface area is 120 Å². The van der Waals surface area contributed by atoms with Crippen molar-refractivity contribution in [2.24, 2.45) is 0 Å². The summed E-state index contributed by atoms with van der Waals surface area (Å²) in [6.45, 7) is 7.73. The Balaban J connectivity index is 2.77. The lowest BCUT2D eigenvalue weighted by Crippen LogP contribution is -2.27. The van der Waals surface area contributed by atoms with Gasteiger partial charge in [-0.2, -0.15) is 5.10 Å². The van der Waals surface area contributed by atoms with Crippen LogP contribution >= 0.6 is 11.3 Å². The van der Waals surface area contributed by atoms with E-state index in [1.807, 2.05) is 19.9 Å². The Morgan fingerprint density at radius 3 is 2.50 bits per heavy atom. The average molecular weight is 294 g/mol. The molecule has 2 rings (SSSR count). The van der Waals surface area contributed by atoms with Gasteiger partial charge in [-0.15, -0.1) is 11.3 Å². The van der Waals surface area contributed by atoms with E-state index in [0.29, 0.717) is 10.6 Å². The maximum atomic E-state index is 12.3. The van der Waals surface area contributed by atoms with Gasteiger partial charge in [-0.05, 0) is 17.9 Å². The van der Waals surface area contributed by atoms with Gasteiger partial charge in [0.25, 0.3) is 5.56 Å². The number of hydrogen-bond acceptors (Lipinski definition) is 4. The second-order valence-electron chi connectivity index (χ2n) is 5.44. The van der Waals surface area contributed by atoms with Gasteiger partial charge in [0, 0.05) is 10.3 Å². The summed E-state index contributed by atoms with van der Waals surface area (Å²) < 4.78 is 1.66. The second-order valence-corrected chi connectivity index (χ2v) is 6.53. The number of thiophene rings is 1. The molecule has 0 aliphatic heterocycles. The van der Waals surface area contributed by atoms with E-state index in [9.17, 15) is 9.59 Å². The molecule has 20 heavy (non-hydrogen) atoms. The summed E-state index contributed by atoms with van der Waals surface area (Å²) in [5.74, 6) is -0.596. The molecule has 1 N–H and O–H groups in total. The van der Waals surface area contributed by atoms with Crippen LogP contribution in [0.2, 0.25) is 0 Å². The predicted octanol–water partition coefficient (Wildman–Crippen LogP) is 2.79. The van der Waals surface area contributed by atoms with E-state index in [0.717, 1.165) is 20.6 Å². The molecule has 0 unspecified atom stereocenters. The van der Waals surface area contributed by atoms with Gasteiger partial charge in [-0.1, -0.05) is 27.7 Å². The number of aromatic nitrogens is 2. The molecule has 2 aromatic rings. The van der Waals surface area contributed by atoms with Crippen molar-refractivity contribution < 1.29 is 9.90 Å². The number of hydrogen-bond donors (Lipinski definition) is 1. The second kappa shape index (κ2) is 5.36. The Morgan fingerprint density at radius 2 is 2.00 bits per heavy atom. The zero-order chi connectivity index (χ0) is 15.0. The number of carboxylic acids is 1. The SMILES string of the molecule is CC(C)c1cc2c(C(C)C)nn(CC(=O)O)c(=O)c2s1. The summed E-state index contributed by atoms with van der Waals surface area (Å²) in [5.41, 5.74) is 0.465. The van der Waals surface area contributed by atoms with Crippen LogP contribution in [0, 0.1) is 0 Å². The first-order chi connectivity index (χ1) is 9.31. The summed E-state index contributed by atoms with van der Waals surface area (Å²) in [7, 11) is 0. The molecule has 5 nitrogen and oxygen atoms in total. The van der Waals surface area contributed by atoms with E-state index in [1.54, 1.807) is 0 Å². The number of carbonyl (C=O) groups is 1. The predicted molar refractivity (Wildman–Crippen MR) is 79.7 cm³/mol. The molecule has 108 valence electrons. The van der Waals surface area contributed by atoms with Crippen molar-refractivity contribution in [3.63, 3.8) is 0 Å². The minimum Gasteiger partial charge on any atom is -0.480 e. The van der Waals surface area contributed by atoms with Crippen LogP contribution in [0.1, 0.15) is 50.1 Å². The summed E-state index contributed by atoms with van der Waals surface area (Å²) in [5, 5.41) is 14.0. The van der Waals surface area contributed by atoms with E-state index >= 15 is 0 Å². The molecule has 0 atom stereocenters. The van der Waals surface area contributed by atoms with Gasteiger partial charge in [-0.25, -0.2) is 4.68 Å². The van der Waals surface area contributed by atoms with Crippen LogP contribution in [0.5, 0.6) is 0 Å². The first-order valence-corrected chi connectivity index (χ1v) is 7.39. The van der Waals surface area contributed by atoms with Crippen molar-refractivity contribution in [3.8, 4) is 0 Å². The van der Waals surface area contributed by atoms with Gasteiger partial charge in [-0.3, -0.25) is 9.59 Å². The fourth-order valence-electron chi connectivity index (χ4n) is 2.05. The number of carboxylic acid groups (broad SMARTS) is 1. The van der Waals surface area contributed by atoms with E-state index in [1.165, 1.54) is 11.3 Å². The van der Waals surface area contributed by atoms with Gasteiger partial charge in [0.15, 0.2) is 0 Å². The monoisotopic (exact) mass is 294 g/mol. The third kappa shape index (κ3) is 2.60. The van der Waals surface area contributed by atoms with Crippen molar-refractivity contribution in [1.29, 1.82) is 0 Å². The lowest BCUT2D eigenvalue weighted by molar-refractivity contribution is -0.138. The van der Waals surface area contributed by atoms with Crippen molar-refractivity contribution in [1.82, 2.24) is 9.78 Å². The van der Waals surface area contributed by atoms with Crippen LogP contribution in [-0.2, 0) is 11.3 Å². The average Bonchev–Trinajstić information content (AvgIpc) is 2.77. The molecule has 0 amide bonds. The number of nitrogens with zero attached hydrogens (tertiary/aromatic N) is 2. The minimum absolute atomic E-state index is 0.132. The molecule has 0 aromatic carbocycles. The quantitative estimate of drug-likeness (QED) is 0.941. The normalized spacial score (nSPS) is 11.7.